The van der Waals surface area contributed by atoms with E-state index >= 15 is 0 Å². The molecule has 3 aromatic rings. The molecule has 2 aromatic carbocycles. The van der Waals surface area contributed by atoms with Crippen molar-refractivity contribution < 1.29 is 18.3 Å². The summed E-state index contributed by atoms with van der Waals surface area (Å²) in [5.74, 6) is -0.350. The van der Waals surface area contributed by atoms with E-state index in [-0.39, 0.29) is 11.7 Å². The fourth-order valence-electron chi connectivity index (χ4n) is 2.10. The summed E-state index contributed by atoms with van der Waals surface area (Å²) in [5, 5.41) is 3.21. The first-order valence-electron chi connectivity index (χ1n) is 6.75. The maximum Gasteiger partial charge on any atom is 0.387 e. The average Bonchev–Trinajstić information content (AvgIpc) is 2.91. The van der Waals surface area contributed by atoms with Gasteiger partial charge in [-0.3, -0.25) is 10.1 Å². The zero-order chi connectivity index (χ0) is 16.4. The van der Waals surface area contributed by atoms with Gasteiger partial charge in [0.2, 0.25) is 0 Å². The number of para-hydroxylation sites is 1. The van der Waals surface area contributed by atoms with Gasteiger partial charge in [-0.1, -0.05) is 23.5 Å². The van der Waals surface area contributed by atoms with E-state index in [0.29, 0.717) is 10.7 Å². The standard InChI is InChI=1S/C16H12F2N2O2S/c1-9-3-2-4-12-13(9)19-16(23-12)20-14(21)10-5-7-11(8-6-10)22-15(17)18/h2-8,15H,1H3,(H,19,20,21). The molecule has 0 aliphatic rings. The van der Waals surface area contributed by atoms with Crippen LogP contribution in [-0.2, 0) is 0 Å². The number of carbonyl (C=O) groups excluding carboxylic acids is 1. The molecule has 0 saturated heterocycles. The van der Waals surface area contributed by atoms with E-state index in [2.05, 4.69) is 15.0 Å². The number of anilines is 1. The monoisotopic (exact) mass is 334 g/mol. The first-order chi connectivity index (χ1) is 11.0. The number of rotatable bonds is 4. The minimum Gasteiger partial charge on any atom is -0.435 e. The molecule has 23 heavy (non-hydrogen) atoms. The van der Waals surface area contributed by atoms with E-state index < -0.39 is 6.61 Å². The number of nitrogens with one attached hydrogen (secondary N) is 1. The van der Waals surface area contributed by atoms with E-state index in [1.165, 1.54) is 35.6 Å². The molecule has 0 spiro atoms. The van der Waals surface area contributed by atoms with E-state index in [1.807, 2.05) is 25.1 Å². The predicted octanol–water partition coefficient (Wildman–Crippen LogP) is 4.46. The third-order valence-corrected chi connectivity index (χ3v) is 4.12. The molecule has 1 amide bonds. The Hall–Kier alpha value is -2.54. The normalized spacial score (nSPS) is 11.0. The molecule has 4 nitrogen and oxygen atoms in total. The number of thiazole rings is 1. The number of nitrogens with zero attached hydrogens (tertiary/aromatic N) is 1. The Balaban J connectivity index is 1.76. The van der Waals surface area contributed by atoms with Crippen molar-refractivity contribution in [3.8, 4) is 5.75 Å². The molecule has 0 bridgehead atoms. The largest absolute Gasteiger partial charge is 0.435 e. The lowest BCUT2D eigenvalue weighted by atomic mass is 10.2. The van der Waals surface area contributed by atoms with Crippen molar-refractivity contribution in [1.82, 2.24) is 4.98 Å². The van der Waals surface area contributed by atoms with Crippen LogP contribution in [0, 0.1) is 6.92 Å². The number of fused-ring (bicyclic) bond motifs is 1. The van der Waals surface area contributed by atoms with Crippen LogP contribution in [0.4, 0.5) is 13.9 Å². The van der Waals surface area contributed by atoms with Gasteiger partial charge in [-0.25, -0.2) is 4.98 Å². The van der Waals surface area contributed by atoms with Gasteiger partial charge in [0.25, 0.3) is 5.91 Å². The molecule has 0 unspecified atom stereocenters. The third-order valence-electron chi connectivity index (χ3n) is 3.18. The van der Waals surface area contributed by atoms with Gasteiger partial charge in [0.05, 0.1) is 10.2 Å². The van der Waals surface area contributed by atoms with Gasteiger partial charge in [-0.2, -0.15) is 8.78 Å². The van der Waals surface area contributed by atoms with Crippen LogP contribution in [0.15, 0.2) is 42.5 Å². The zero-order valence-electron chi connectivity index (χ0n) is 12.0. The van der Waals surface area contributed by atoms with E-state index in [9.17, 15) is 13.6 Å². The summed E-state index contributed by atoms with van der Waals surface area (Å²) in [4.78, 5) is 16.6. The summed E-state index contributed by atoms with van der Waals surface area (Å²) in [6.45, 7) is -0.935. The molecule has 0 atom stereocenters. The maximum atomic E-state index is 12.2. The number of aryl methyl sites for hydroxylation is 1. The lowest BCUT2D eigenvalue weighted by Gasteiger charge is -2.05. The minimum absolute atomic E-state index is 0.00663. The highest BCUT2D eigenvalue weighted by atomic mass is 32.1. The van der Waals surface area contributed by atoms with Crippen molar-refractivity contribution in [1.29, 1.82) is 0 Å². The van der Waals surface area contributed by atoms with E-state index in [4.69, 9.17) is 0 Å². The maximum absolute atomic E-state index is 12.2. The molecule has 0 aliphatic heterocycles. The fourth-order valence-corrected chi connectivity index (χ4v) is 3.04. The van der Waals surface area contributed by atoms with Crippen LogP contribution < -0.4 is 10.1 Å². The van der Waals surface area contributed by atoms with Gasteiger partial charge in [0.1, 0.15) is 5.75 Å². The van der Waals surface area contributed by atoms with Gasteiger partial charge >= 0.3 is 6.61 Å². The Kier molecular flexibility index (Phi) is 4.20. The Morgan fingerprint density at radius 1 is 1.22 bits per heavy atom. The smallest absolute Gasteiger partial charge is 0.387 e. The first kappa shape index (κ1) is 15.4. The highest BCUT2D eigenvalue weighted by Gasteiger charge is 2.11. The molecule has 1 N–H and O–H groups in total. The van der Waals surface area contributed by atoms with Crippen LogP contribution in [0.1, 0.15) is 15.9 Å². The molecule has 1 heterocycles. The molecule has 7 heteroatoms. The number of alkyl halides is 2. The number of hydrogen-bond acceptors (Lipinski definition) is 4. The molecular formula is C16H12F2N2O2S. The molecule has 1 aromatic heterocycles. The molecule has 3 rings (SSSR count). The third kappa shape index (κ3) is 3.45. The van der Waals surface area contributed by atoms with Gasteiger partial charge in [-0.15, -0.1) is 0 Å². The van der Waals surface area contributed by atoms with Gasteiger partial charge in [0.15, 0.2) is 5.13 Å². The highest BCUT2D eigenvalue weighted by molar-refractivity contribution is 7.22. The average molecular weight is 334 g/mol. The number of aromatic nitrogens is 1. The van der Waals surface area contributed by atoms with Gasteiger partial charge in [-0.05, 0) is 42.8 Å². The number of amides is 1. The summed E-state index contributed by atoms with van der Waals surface area (Å²) in [5.41, 5.74) is 2.23. The molecule has 0 saturated carbocycles. The van der Waals surface area contributed by atoms with Crippen LogP contribution in [0.25, 0.3) is 10.2 Å². The number of carbonyl (C=O) groups is 1. The van der Waals surface area contributed by atoms with Crippen molar-refractivity contribution in [3.05, 3.63) is 53.6 Å². The van der Waals surface area contributed by atoms with Crippen LogP contribution in [-0.4, -0.2) is 17.5 Å². The fraction of sp³-hybridized carbons (Fsp3) is 0.125. The first-order valence-corrected chi connectivity index (χ1v) is 7.57. The summed E-state index contributed by atoms with van der Waals surface area (Å²) >= 11 is 1.38. The summed E-state index contributed by atoms with van der Waals surface area (Å²) in [6, 6.07) is 11.3. The summed E-state index contributed by atoms with van der Waals surface area (Å²) in [6.07, 6.45) is 0. The van der Waals surface area contributed by atoms with E-state index in [0.717, 1.165) is 15.8 Å². The number of hydrogen-bond donors (Lipinski definition) is 1. The Morgan fingerprint density at radius 3 is 2.61 bits per heavy atom. The second kappa shape index (κ2) is 6.29. The van der Waals surface area contributed by atoms with Crippen molar-refractivity contribution in [2.24, 2.45) is 0 Å². The van der Waals surface area contributed by atoms with Crippen molar-refractivity contribution in [2.75, 3.05) is 5.32 Å². The Labute approximate surface area is 134 Å². The quantitative estimate of drug-likeness (QED) is 0.766. The summed E-state index contributed by atoms with van der Waals surface area (Å²) in [7, 11) is 0. The van der Waals surface area contributed by atoms with Crippen LogP contribution in [0.5, 0.6) is 5.75 Å². The zero-order valence-corrected chi connectivity index (χ0v) is 12.9. The van der Waals surface area contributed by atoms with Crippen LogP contribution >= 0.6 is 11.3 Å². The SMILES string of the molecule is Cc1cccc2sc(NC(=O)c3ccc(OC(F)F)cc3)nc12. The number of ether oxygens (including phenoxy) is 1. The van der Waals surface area contributed by atoms with Crippen LogP contribution in [0.3, 0.4) is 0 Å². The molecule has 0 fully saturated rings. The Bertz CT molecular complexity index is 847. The number of benzene rings is 2. The van der Waals surface area contributed by atoms with Crippen LogP contribution in [0.2, 0.25) is 0 Å². The molecule has 0 radical (unpaired) electrons. The minimum atomic E-state index is -2.89. The molecule has 0 aliphatic carbocycles. The lowest BCUT2D eigenvalue weighted by molar-refractivity contribution is -0.0498. The molecule has 118 valence electrons. The summed E-state index contributed by atoms with van der Waals surface area (Å²) < 4.78 is 29.4. The number of halogens is 2. The predicted molar refractivity (Wildman–Crippen MR) is 85.4 cm³/mol. The lowest BCUT2D eigenvalue weighted by Crippen LogP contribution is -2.11. The van der Waals surface area contributed by atoms with Crippen molar-refractivity contribution >= 4 is 32.6 Å². The van der Waals surface area contributed by atoms with E-state index in [1.54, 1.807) is 0 Å². The van der Waals surface area contributed by atoms with Crippen molar-refractivity contribution in [3.63, 3.8) is 0 Å². The van der Waals surface area contributed by atoms with Crippen molar-refractivity contribution in [2.45, 2.75) is 13.5 Å². The second-order valence-electron chi connectivity index (χ2n) is 4.80. The topological polar surface area (TPSA) is 51.2 Å². The Morgan fingerprint density at radius 2 is 1.96 bits per heavy atom. The van der Waals surface area contributed by atoms with Gasteiger partial charge in [0, 0.05) is 5.56 Å². The van der Waals surface area contributed by atoms with Gasteiger partial charge < -0.3 is 4.74 Å². The molecular weight excluding hydrogens is 322 g/mol. The highest BCUT2D eigenvalue weighted by Crippen LogP contribution is 2.28. The second-order valence-corrected chi connectivity index (χ2v) is 5.83.